The van der Waals surface area contributed by atoms with Gasteiger partial charge in [-0.25, -0.2) is 9.48 Å². The van der Waals surface area contributed by atoms with E-state index < -0.39 is 29.3 Å². The third-order valence-electron chi connectivity index (χ3n) is 4.65. The first-order valence-electron chi connectivity index (χ1n) is 9.82. The lowest BCUT2D eigenvalue weighted by Crippen LogP contribution is -2.37. The number of aromatic nitrogens is 2. The van der Waals surface area contributed by atoms with Gasteiger partial charge in [-0.1, -0.05) is 12.1 Å². The molecule has 0 unspecified atom stereocenters. The van der Waals surface area contributed by atoms with Crippen LogP contribution in [0.2, 0.25) is 0 Å². The lowest BCUT2D eigenvalue weighted by molar-refractivity contribution is -0.152. The van der Waals surface area contributed by atoms with Crippen molar-refractivity contribution >= 4 is 11.9 Å². The highest BCUT2D eigenvalue weighted by molar-refractivity contribution is 5.76. The number of rotatable bonds is 8. The molecule has 0 aliphatic heterocycles. The number of nitrogens with zero attached hydrogens (tertiary/aromatic N) is 2. The minimum Gasteiger partial charge on any atom is -0.478 e. The zero-order chi connectivity index (χ0) is 24.2. The van der Waals surface area contributed by atoms with Crippen LogP contribution in [0.4, 0.5) is 13.2 Å². The number of halogens is 3. The monoisotopic (exact) mass is 462 g/mol. The predicted octanol–water partition coefficient (Wildman–Crippen LogP) is 4.42. The molecule has 0 saturated carbocycles. The van der Waals surface area contributed by atoms with Crippen LogP contribution in [-0.4, -0.2) is 32.4 Å². The van der Waals surface area contributed by atoms with Crippen molar-refractivity contribution < 1.29 is 37.3 Å². The van der Waals surface area contributed by atoms with Gasteiger partial charge in [0.15, 0.2) is 5.60 Å². The van der Waals surface area contributed by atoms with E-state index in [2.05, 4.69) is 5.10 Å². The number of ether oxygens (including phenoxy) is 2. The van der Waals surface area contributed by atoms with Gasteiger partial charge in [-0.3, -0.25) is 4.79 Å². The molecular formula is C23H21F3N2O5. The summed E-state index contributed by atoms with van der Waals surface area (Å²) in [4.78, 5) is 23.3. The number of benzene rings is 2. The lowest BCUT2D eigenvalue weighted by Gasteiger charge is -2.21. The Bertz CT molecular complexity index is 1120. The quantitative estimate of drug-likeness (QED) is 0.499. The third-order valence-corrected chi connectivity index (χ3v) is 4.65. The van der Waals surface area contributed by atoms with E-state index in [1.165, 1.54) is 36.9 Å². The smallest absolute Gasteiger partial charge is 0.416 e. The fraction of sp³-hybridized carbons (Fsp3) is 0.261. The molecule has 0 amide bonds. The number of aliphatic carboxylic acids is 1. The lowest BCUT2D eigenvalue weighted by atomic mass is 10.1. The minimum absolute atomic E-state index is 0.00432. The first kappa shape index (κ1) is 23.8. The summed E-state index contributed by atoms with van der Waals surface area (Å²) in [5.74, 6) is -1.23. The fourth-order valence-electron chi connectivity index (χ4n) is 2.77. The molecule has 0 bridgehead atoms. The largest absolute Gasteiger partial charge is 0.478 e. The Morgan fingerprint density at radius 3 is 2.21 bits per heavy atom. The summed E-state index contributed by atoms with van der Waals surface area (Å²) >= 11 is 0. The molecule has 1 heterocycles. The zero-order valence-electron chi connectivity index (χ0n) is 17.8. The molecule has 7 nitrogen and oxygen atoms in total. The molecule has 0 radical (unpaired) electrons. The highest BCUT2D eigenvalue weighted by Crippen LogP contribution is 2.29. The van der Waals surface area contributed by atoms with Crippen molar-refractivity contribution in [3.63, 3.8) is 0 Å². The van der Waals surface area contributed by atoms with E-state index in [-0.39, 0.29) is 13.0 Å². The topological polar surface area (TPSA) is 90.7 Å². The number of alkyl halides is 3. The number of hydrogen-bond donors (Lipinski definition) is 1. The molecule has 0 fully saturated rings. The molecule has 1 aromatic heterocycles. The van der Waals surface area contributed by atoms with Crippen LogP contribution in [0.1, 0.15) is 30.5 Å². The zero-order valence-corrected chi connectivity index (χ0v) is 17.8. The Kier molecular flexibility index (Phi) is 6.75. The average Bonchev–Trinajstić information content (AvgIpc) is 3.22. The van der Waals surface area contributed by atoms with Gasteiger partial charge in [-0.15, -0.1) is 0 Å². The maximum absolute atomic E-state index is 12.7. The van der Waals surface area contributed by atoms with E-state index in [0.29, 0.717) is 22.6 Å². The van der Waals surface area contributed by atoms with Crippen LogP contribution in [-0.2, 0) is 33.5 Å². The Balaban J connectivity index is 1.52. The molecule has 3 rings (SSSR count). The third kappa shape index (κ3) is 6.34. The second-order valence-corrected chi connectivity index (χ2v) is 7.74. The van der Waals surface area contributed by atoms with Gasteiger partial charge in [-0.2, -0.15) is 18.3 Å². The molecule has 0 aliphatic rings. The number of hydrogen-bond acceptors (Lipinski definition) is 5. The van der Waals surface area contributed by atoms with Gasteiger partial charge in [0, 0.05) is 11.8 Å². The maximum atomic E-state index is 12.7. The molecular weight excluding hydrogens is 441 g/mol. The molecule has 0 spiro atoms. The number of carboxylic acids is 1. The fourth-order valence-corrected chi connectivity index (χ4v) is 2.77. The molecule has 3 aromatic rings. The second kappa shape index (κ2) is 9.35. The second-order valence-electron chi connectivity index (χ2n) is 7.74. The number of carbonyl (C=O) groups is 2. The summed E-state index contributed by atoms with van der Waals surface area (Å²) < 4.78 is 50.1. The van der Waals surface area contributed by atoms with Crippen molar-refractivity contribution in [2.75, 3.05) is 0 Å². The van der Waals surface area contributed by atoms with Crippen LogP contribution in [0.15, 0.2) is 60.9 Å². The van der Waals surface area contributed by atoms with Gasteiger partial charge in [0.1, 0.15) is 12.4 Å². The van der Waals surface area contributed by atoms with E-state index in [4.69, 9.17) is 14.6 Å². The summed E-state index contributed by atoms with van der Waals surface area (Å²) in [5, 5.41) is 13.2. The Morgan fingerprint density at radius 2 is 1.64 bits per heavy atom. The molecule has 33 heavy (non-hydrogen) atoms. The standard InChI is InChI=1S/C23H21F3N2O5/c1-22(2,21(30)31)33-19-9-3-15(4-10-19)11-20(29)32-14-16-12-27-28(13-16)18-7-5-17(6-8-18)23(24,25)26/h3-10,12-13H,11,14H2,1-2H3,(H,30,31). The van der Waals surface area contributed by atoms with E-state index in [1.54, 1.807) is 30.5 Å². The first-order valence-corrected chi connectivity index (χ1v) is 9.82. The molecule has 0 atom stereocenters. The summed E-state index contributed by atoms with van der Waals surface area (Å²) in [5.41, 5.74) is -0.471. The van der Waals surface area contributed by atoms with Crippen molar-refractivity contribution in [1.82, 2.24) is 9.78 Å². The molecule has 0 aliphatic carbocycles. The van der Waals surface area contributed by atoms with Gasteiger partial charge in [0.05, 0.1) is 23.9 Å². The summed E-state index contributed by atoms with van der Waals surface area (Å²) in [6.07, 6.45) is -1.40. The van der Waals surface area contributed by atoms with E-state index >= 15 is 0 Å². The van der Waals surface area contributed by atoms with Crippen molar-refractivity contribution in [2.24, 2.45) is 0 Å². The van der Waals surface area contributed by atoms with Crippen LogP contribution in [0, 0.1) is 0 Å². The number of carboxylic acid groups (broad SMARTS) is 1. The summed E-state index contributed by atoms with van der Waals surface area (Å²) in [6.45, 7) is 2.81. The predicted molar refractivity (Wildman–Crippen MR) is 111 cm³/mol. The van der Waals surface area contributed by atoms with Gasteiger partial charge in [-0.05, 0) is 55.8 Å². The van der Waals surface area contributed by atoms with Crippen LogP contribution in [0.3, 0.4) is 0 Å². The number of carbonyl (C=O) groups excluding carboxylic acids is 1. The van der Waals surface area contributed by atoms with Crippen LogP contribution < -0.4 is 4.74 Å². The molecule has 0 saturated heterocycles. The normalized spacial score (nSPS) is 11.8. The van der Waals surface area contributed by atoms with Gasteiger partial charge in [0.2, 0.25) is 0 Å². The van der Waals surface area contributed by atoms with E-state index in [0.717, 1.165) is 12.1 Å². The SMILES string of the molecule is CC(C)(Oc1ccc(CC(=O)OCc2cnn(-c3ccc(C(F)(F)F)cc3)c2)cc1)C(=O)O. The van der Waals surface area contributed by atoms with Gasteiger partial charge in [0.25, 0.3) is 0 Å². The van der Waals surface area contributed by atoms with Crippen molar-refractivity contribution in [3.05, 3.63) is 77.6 Å². The average molecular weight is 462 g/mol. The van der Waals surface area contributed by atoms with Crippen LogP contribution >= 0.6 is 0 Å². The molecule has 10 heteroatoms. The highest BCUT2D eigenvalue weighted by atomic mass is 19.4. The molecule has 2 aromatic carbocycles. The van der Waals surface area contributed by atoms with E-state index in [9.17, 15) is 22.8 Å². The molecule has 1 N–H and O–H groups in total. The van der Waals surface area contributed by atoms with Gasteiger partial charge >= 0.3 is 18.1 Å². The Labute approximate surface area is 187 Å². The minimum atomic E-state index is -4.41. The summed E-state index contributed by atoms with van der Waals surface area (Å²) in [7, 11) is 0. The van der Waals surface area contributed by atoms with Crippen LogP contribution in [0.5, 0.6) is 5.75 Å². The van der Waals surface area contributed by atoms with Crippen LogP contribution in [0.25, 0.3) is 5.69 Å². The maximum Gasteiger partial charge on any atom is 0.416 e. The Hall–Kier alpha value is -3.82. The first-order chi connectivity index (χ1) is 15.4. The highest BCUT2D eigenvalue weighted by Gasteiger charge is 2.30. The van der Waals surface area contributed by atoms with Crippen molar-refractivity contribution in [1.29, 1.82) is 0 Å². The molecule has 174 valence electrons. The number of esters is 1. The van der Waals surface area contributed by atoms with Crippen molar-refractivity contribution in [2.45, 2.75) is 38.7 Å². The van der Waals surface area contributed by atoms with Gasteiger partial charge < -0.3 is 14.6 Å². The van der Waals surface area contributed by atoms with E-state index in [1.807, 2.05) is 0 Å². The van der Waals surface area contributed by atoms with Crippen molar-refractivity contribution in [3.8, 4) is 11.4 Å². The summed E-state index contributed by atoms with van der Waals surface area (Å²) in [6, 6.07) is 11.0. The Morgan fingerprint density at radius 1 is 1.00 bits per heavy atom.